The molecule has 4 atom stereocenters. The summed E-state index contributed by atoms with van der Waals surface area (Å²) in [4.78, 5) is 20.9. The first-order valence-corrected chi connectivity index (χ1v) is 13.0. The largest absolute Gasteiger partial charge is 0.280 e. The molecule has 3 aromatic carbocycles. The molecule has 0 amide bonds. The van der Waals surface area contributed by atoms with Crippen LogP contribution in [0.25, 0.3) is 0 Å². The minimum Gasteiger partial charge on any atom is -0.258 e. The Morgan fingerprint density at radius 3 is 1.22 bits per heavy atom. The molecule has 0 heterocycles. The van der Waals surface area contributed by atoms with Crippen molar-refractivity contribution >= 4 is 75.1 Å². The van der Waals surface area contributed by atoms with Gasteiger partial charge in [0, 0.05) is 11.1 Å². The van der Waals surface area contributed by atoms with Crippen LogP contribution in [0.3, 0.4) is 0 Å². The second kappa shape index (κ2) is 11.0. The lowest BCUT2D eigenvalue weighted by molar-refractivity contribution is -0.395. The summed E-state index contributed by atoms with van der Waals surface area (Å²) in [6.07, 6.45) is 0. The van der Waals surface area contributed by atoms with Crippen molar-refractivity contribution in [3.63, 3.8) is 0 Å². The Morgan fingerprint density at radius 2 is 0.906 bits per heavy atom. The maximum atomic E-state index is 11.8. The van der Waals surface area contributed by atoms with Gasteiger partial charge < -0.3 is 0 Å². The maximum Gasteiger partial charge on any atom is 0.280 e. The number of nitro benzene ring substituents is 2. The predicted octanol–water partition coefficient (Wildman–Crippen LogP) is 8.65. The Bertz CT molecular complexity index is 1030. The van der Waals surface area contributed by atoms with Crippen LogP contribution in [0.4, 0.5) is 11.4 Å². The molecule has 0 aromatic heterocycles. The van der Waals surface area contributed by atoms with Gasteiger partial charge in [-0.2, -0.15) is 0 Å². The van der Waals surface area contributed by atoms with E-state index in [1.54, 1.807) is 6.07 Å². The maximum absolute atomic E-state index is 11.8. The van der Waals surface area contributed by atoms with Gasteiger partial charge >= 0.3 is 0 Å². The lowest BCUT2D eigenvalue weighted by Crippen LogP contribution is -2.09. The zero-order valence-corrected chi connectivity index (χ0v) is 22.6. The number of hydrogen-bond donors (Lipinski definition) is 0. The van der Waals surface area contributed by atoms with Crippen molar-refractivity contribution in [2.45, 2.75) is 19.3 Å². The normalized spacial score (nSPS) is 14.9. The van der Waals surface area contributed by atoms with Gasteiger partial charge in [-0.15, -0.1) is 0 Å². The average molecular weight is 692 g/mol. The fraction of sp³-hybridized carbons (Fsp3) is 0.182. The molecular weight excluding hydrogens is 676 g/mol. The molecular formula is C22H16Br4N2O4. The third-order valence-corrected chi connectivity index (χ3v) is 10.5. The summed E-state index contributed by atoms with van der Waals surface area (Å²) >= 11 is 14.4. The molecule has 0 bridgehead atoms. The van der Waals surface area contributed by atoms with Crippen LogP contribution in [0.5, 0.6) is 0 Å². The minimum atomic E-state index is -0.586. The van der Waals surface area contributed by atoms with E-state index < -0.39 is 19.5 Å². The van der Waals surface area contributed by atoms with E-state index in [-0.39, 0.29) is 21.0 Å². The van der Waals surface area contributed by atoms with Crippen molar-refractivity contribution < 1.29 is 9.85 Å². The number of hydrogen-bond acceptors (Lipinski definition) is 4. The molecule has 0 aliphatic heterocycles. The Kier molecular flexibility index (Phi) is 8.60. The molecule has 32 heavy (non-hydrogen) atoms. The van der Waals surface area contributed by atoms with E-state index >= 15 is 0 Å². The fourth-order valence-corrected chi connectivity index (χ4v) is 5.82. The van der Waals surface area contributed by atoms with Crippen LogP contribution in [0.2, 0.25) is 0 Å². The second-order valence-electron chi connectivity index (χ2n) is 6.91. The summed E-state index contributed by atoms with van der Waals surface area (Å²) in [5.41, 5.74) is 1.90. The van der Waals surface area contributed by atoms with Gasteiger partial charge in [0.1, 0.15) is 0 Å². The highest BCUT2D eigenvalue weighted by Crippen LogP contribution is 2.51. The summed E-state index contributed by atoms with van der Waals surface area (Å²) < 4.78 is 0. The van der Waals surface area contributed by atoms with E-state index in [1.807, 2.05) is 60.7 Å². The summed E-state index contributed by atoms with van der Waals surface area (Å²) in [5, 5.41) is 23.6. The van der Waals surface area contributed by atoms with Crippen LogP contribution in [-0.2, 0) is 0 Å². The van der Waals surface area contributed by atoms with E-state index in [0.29, 0.717) is 11.1 Å². The summed E-state index contributed by atoms with van der Waals surface area (Å²) in [6, 6.07) is 21.5. The van der Waals surface area contributed by atoms with Crippen LogP contribution in [0.1, 0.15) is 41.6 Å². The van der Waals surface area contributed by atoms with Crippen molar-refractivity contribution in [3.8, 4) is 0 Å². The quantitative estimate of drug-likeness (QED) is 0.134. The Hall–Kier alpha value is -1.62. The summed E-state index contributed by atoms with van der Waals surface area (Å²) in [5.74, 6) is 0. The molecule has 0 saturated heterocycles. The first kappa shape index (κ1) is 25.0. The SMILES string of the molecule is O=[N+]([O-])c1cc([N+](=O)[O-])c(C(Br)C(Br)c2ccccc2)cc1C(Br)C(Br)c1ccccc1. The van der Waals surface area contributed by atoms with E-state index in [4.69, 9.17) is 0 Å². The molecule has 0 aliphatic rings. The molecule has 6 nitrogen and oxygen atoms in total. The lowest BCUT2D eigenvalue weighted by Gasteiger charge is -2.21. The topological polar surface area (TPSA) is 86.3 Å². The highest BCUT2D eigenvalue weighted by atomic mass is 79.9. The van der Waals surface area contributed by atoms with Gasteiger partial charge in [-0.1, -0.05) is 124 Å². The van der Waals surface area contributed by atoms with E-state index in [9.17, 15) is 20.2 Å². The van der Waals surface area contributed by atoms with Gasteiger partial charge in [-0.3, -0.25) is 20.2 Å². The summed E-state index contributed by atoms with van der Waals surface area (Å²) in [6.45, 7) is 0. The molecule has 3 rings (SSSR count). The highest BCUT2D eigenvalue weighted by molar-refractivity contribution is 9.12. The van der Waals surface area contributed by atoms with Crippen LogP contribution >= 0.6 is 63.7 Å². The lowest BCUT2D eigenvalue weighted by atomic mass is 9.96. The van der Waals surface area contributed by atoms with E-state index in [2.05, 4.69) is 63.7 Å². The number of rotatable bonds is 8. The Morgan fingerprint density at radius 1 is 0.562 bits per heavy atom. The average Bonchev–Trinajstić information content (AvgIpc) is 2.82. The predicted molar refractivity (Wildman–Crippen MR) is 139 cm³/mol. The molecule has 4 unspecified atom stereocenters. The van der Waals surface area contributed by atoms with Gasteiger partial charge in [-0.05, 0) is 17.2 Å². The number of alkyl halides is 4. The standard InChI is InChI=1S/C22H16Br4N2O4/c23-19(13-7-3-1-4-8-13)21(25)15-11-16(18(28(31)32)12-17(15)27(29)30)22(26)20(24)14-9-5-2-6-10-14/h1-12,19-22H. The molecule has 0 aliphatic carbocycles. The van der Waals surface area contributed by atoms with Crippen LogP contribution in [-0.4, -0.2) is 9.85 Å². The van der Waals surface area contributed by atoms with Gasteiger partial charge in [0.05, 0.1) is 35.2 Å². The minimum absolute atomic E-state index is 0.292. The second-order valence-corrected chi connectivity index (χ2v) is 10.9. The number of nitro groups is 2. The summed E-state index contributed by atoms with van der Waals surface area (Å²) in [7, 11) is 0. The van der Waals surface area contributed by atoms with E-state index in [0.717, 1.165) is 17.2 Å². The fourth-order valence-electron chi connectivity index (χ4n) is 3.30. The molecule has 166 valence electrons. The van der Waals surface area contributed by atoms with Gasteiger partial charge in [0.2, 0.25) is 0 Å². The van der Waals surface area contributed by atoms with Crippen molar-refractivity contribution in [3.05, 3.63) is 115 Å². The first-order valence-electron chi connectivity index (χ1n) is 9.35. The van der Waals surface area contributed by atoms with Gasteiger partial charge in [0.25, 0.3) is 11.4 Å². The van der Waals surface area contributed by atoms with Crippen molar-refractivity contribution in [1.29, 1.82) is 0 Å². The number of halogens is 4. The number of benzene rings is 3. The zero-order chi connectivity index (χ0) is 23.4. The van der Waals surface area contributed by atoms with Crippen LogP contribution in [0.15, 0.2) is 72.8 Å². The van der Waals surface area contributed by atoms with Gasteiger partial charge in [0.15, 0.2) is 0 Å². The first-order chi connectivity index (χ1) is 15.2. The van der Waals surface area contributed by atoms with Crippen molar-refractivity contribution in [1.82, 2.24) is 0 Å². The van der Waals surface area contributed by atoms with Crippen molar-refractivity contribution in [2.24, 2.45) is 0 Å². The van der Waals surface area contributed by atoms with Crippen LogP contribution < -0.4 is 0 Å². The Balaban J connectivity index is 2.13. The third kappa shape index (κ3) is 5.47. The smallest absolute Gasteiger partial charge is 0.258 e. The highest BCUT2D eigenvalue weighted by Gasteiger charge is 2.35. The molecule has 10 heteroatoms. The zero-order valence-electron chi connectivity index (χ0n) is 16.3. The molecule has 0 spiro atoms. The molecule has 0 fully saturated rings. The molecule has 3 aromatic rings. The molecule has 0 radical (unpaired) electrons. The third-order valence-electron chi connectivity index (χ3n) is 4.91. The monoisotopic (exact) mass is 688 g/mol. The Labute approximate surface area is 218 Å². The van der Waals surface area contributed by atoms with E-state index in [1.165, 1.54) is 0 Å². The van der Waals surface area contributed by atoms with Crippen LogP contribution in [0, 0.1) is 20.2 Å². The number of nitrogens with zero attached hydrogens (tertiary/aromatic N) is 2. The molecule has 0 N–H and O–H groups in total. The van der Waals surface area contributed by atoms with Crippen molar-refractivity contribution in [2.75, 3.05) is 0 Å². The molecule has 0 saturated carbocycles. The van der Waals surface area contributed by atoms with Gasteiger partial charge in [-0.25, -0.2) is 0 Å².